The van der Waals surface area contributed by atoms with Crippen molar-refractivity contribution in [3.8, 4) is 0 Å². The first-order valence-corrected chi connectivity index (χ1v) is 5.46. The Hall–Kier alpha value is -1.88. The van der Waals surface area contributed by atoms with Gasteiger partial charge in [0.15, 0.2) is 5.82 Å². The number of pyridine rings is 1. The van der Waals surface area contributed by atoms with E-state index in [0.717, 1.165) is 5.56 Å². The summed E-state index contributed by atoms with van der Waals surface area (Å²) in [5, 5.41) is 3.14. The zero-order valence-corrected chi connectivity index (χ0v) is 9.90. The van der Waals surface area contributed by atoms with E-state index in [0.29, 0.717) is 5.82 Å². The van der Waals surface area contributed by atoms with Crippen molar-refractivity contribution in [3.63, 3.8) is 0 Å². The first-order chi connectivity index (χ1) is 8.18. The number of halogens is 1. The molecule has 0 radical (unpaired) electrons. The second kappa shape index (κ2) is 4.97. The van der Waals surface area contributed by atoms with Crippen LogP contribution in [0.1, 0.15) is 18.5 Å². The van der Waals surface area contributed by atoms with Crippen molar-refractivity contribution in [2.45, 2.75) is 13.0 Å². The average molecular weight is 251 g/mol. The van der Waals surface area contributed by atoms with Crippen LogP contribution in [0.15, 0.2) is 35.6 Å². The quantitative estimate of drug-likeness (QED) is 0.874. The van der Waals surface area contributed by atoms with Crippen LogP contribution in [0.25, 0.3) is 0 Å². The van der Waals surface area contributed by atoms with Gasteiger partial charge in [0.2, 0.25) is 0 Å². The Morgan fingerprint density at radius 1 is 1.41 bits per heavy atom. The summed E-state index contributed by atoms with van der Waals surface area (Å²) in [5.74, 6) is 0.375. The minimum atomic E-state index is -0.355. The van der Waals surface area contributed by atoms with Crippen molar-refractivity contribution < 1.29 is 0 Å². The fourth-order valence-corrected chi connectivity index (χ4v) is 1.58. The Labute approximate surface area is 103 Å². The molecule has 2 aromatic heterocycles. The Morgan fingerprint density at radius 2 is 2.12 bits per heavy atom. The number of H-pyrrole nitrogens is 1. The van der Waals surface area contributed by atoms with Crippen molar-refractivity contribution in [1.82, 2.24) is 15.0 Å². The van der Waals surface area contributed by atoms with Gasteiger partial charge in [-0.2, -0.15) is 0 Å². The maximum Gasteiger partial charge on any atom is 0.271 e. The first-order valence-electron chi connectivity index (χ1n) is 5.08. The Kier molecular flexibility index (Phi) is 3.39. The van der Waals surface area contributed by atoms with E-state index in [1.165, 1.54) is 6.33 Å². The minimum Gasteiger partial charge on any atom is -0.362 e. The normalized spacial score (nSPS) is 12.1. The van der Waals surface area contributed by atoms with E-state index in [1.54, 1.807) is 12.4 Å². The summed E-state index contributed by atoms with van der Waals surface area (Å²) in [6.45, 7) is 1.95. The lowest BCUT2D eigenvalue weighted by atomic mass is 10.1. The molecule has 6 heteroatoms. The predicted molar refractivity (Wildman–Crippen MR) is 66.1 cm³/mol. The molecule has 5 nitrogen and oxygen atoms in total. The molecule has 0 saturated carbocycles. The smallest absolute Gasteiger partial charge is 0.271 e. The SMILES string of the molecule is CC(Nc1nc[nH]c(=O)c1Cl)c1ccncc1. The topological polar surface area (TPSA) is 70.7 Å². The monoisotopic (exact) mass is 250 g/mol. The fraction of sp³-hybridized carbons (Fsp3) is 0.182. The van der Waals surface area contributed by atoms with Crippen molar-refractivity contribution in [2.24, 2.45) is 0 Å². The maximum atomic E-state index is 11.3. The number of aromatic nitrogens is 3. The van der Waals surface area contributed by atoms with Crippen LogP contribution < -0.4 is 10.9 Å². The Bertz CT molecular complexity index is 555. The molecule has 0 amide bonds. The van der Waals surface area contributed by atoms with Crippen LogP contribution in [0, 0.1) is 0 Å². The highest BCUT2D eigenvalue weighted by Gasteiger charge is 2.10. The number of nitrogens with one attached hydrogen (secondary N) is 2. The lowest BCUT2D eigenvalue weighted by Crippen LogP contribution is -2.14. The fourth-order valence-electron chi connectivity index (χ4n) is 1.42. The summed E-state index contributed by atoms with van der Waals surface area (Å²) in [7, 11) is 0. The number of nitrogens with zero attached hydrogens (tertiary/aromatic N) is 2. The van der Waals surface area contributed by atoms with E-state index in [2.05, 4.69) is 20.3 Å². The molecule has 0 aromatic carbocycles. The molecule has 2 N–H and O–H groups in total. The molecular formula is C11H11ClN4O. The highest BCUT2D eigenvalue weighted by molar-refractivity contribution is 6.32. The molecule has 0 spiro atoms. The highest BCUT2D eigenvalue weighted by atomic mass is 35.5. The maximum absolute atomic E-state index is 11.3. The molecule has 0 aliphatic rings. The summed E-state index contributed by atoms with van der Waals surface area (Å²) in [4.78, 5) is 21.6. The van der Waals surface area contributed by atoms with Gasteiger partial charge in [0.1, 0.15) is 5.02 Å². The molecule has 2 aromatic rings. The summed E-state index contributed by atoms with van der Waals surface area (Å²) in [6.07, 6.45) is 4.73. The minimum absolute atomic E-state index is 0.00944. The summed E-state index contributed by atoms with van der Waals surface area (Å²) in [5.41, 5.74) is 0.684. The third-order valence-corrected chi connectivity index (χ3v) is 2.71. The van der Waals surface area contributed by atoms with Gasteiger partial charge in [0.25, 0.3) is 5.56 Å². The molecule has 2 heterocycles. The number of anilines is 1. The average Bonchev–Trinajstić information content (AvgIpc) is 2.36. The molecule has 1 atom stereocenters. The van der Waals surface area contributed by atoms with Gasteiger partial charge in [0, 0.05) is 12.4 Å². The van der Waals surface area contributed by atoms with E-state index in [4.69, 9.17) is 11.6 Å². The van der Waals surface area contributed by atoms with Crippen LogP contribution in [0.4, 0.5) is 5.82 Å². The van der Waals surface area contributed by atoms with Crippen molar-refractivity contribution in [3.05, 3.63) is 51.8 Å². The molecule has 0 saturated heterocycles. The van der Waals surface area contributed by atoms with Gasteiger partial charge in [-0.3, -0.25) is 9.78 Å². The largest absolute Gasteiger partial charge is 0.362 e. The second-order valence-electron chi connectivity index (χ2n) is 3.54. The number of aromatic amines is 1. The zero-order chi connectivity index (χ0) is 12.3. The van der Waals surface area contributed by atoms with Gasteiger partial charge >= 0.3 is 0 Å². The van der Waals surface area contributed by atoms with Gasteiger partial charge in [0.05, 0.1) is 12.4 Å². The Balaban J connectivity index is 2.22. The van der Waals surface area contributed by atoms with Gasteiger partial charge < -0.3 is 10.3 Å². The molecule has 0 aliphatic carbocycles. The molecule has 1 unspecified atom stereocenters. The lowest BCUT2D eigenvalue weighted by Gasteiger charge is -2.14. The standard InChI is InChI=1S/C11H11ClN4O/c1-7(8-2-4-13-5-3-8)16-10-9(12)11(17)15-6-14-10/h2-7H,1H3,(H2,14,15,16,17). The van der Waals surface area contributed by atoms with E-state index in [1.807, 2.05) is 19.1 Å². The lowest BCUT2D eigenvalue weighted by molar-refractivity contribution is 0.867. The highest BCUT2D eigenvalue weighted by Crippen LogP contribution is 2.20. The summed E-state index contributed by atoms with van der Waals surface area (Å²) < 4.78 is 0. The molecule has 0 aliphatic heterocycles. The zero-order valence-electron chi connectivity index (χ0n) is 9.14. The third kappa shape index (κ3) is 2.62. The van der Waals surface area contributed by atoms with Crippen LogP contribution in [0.5, 0.6) is 0 Å². The van der Waals surface area contributed by atoms with Gasteiger partial charge in [-0.15, -0.1) is 0 Å². The van der Waals surface area contributed by atoms with Crippen molar-refractivity contribution >= 4 is 17.4 Å². The van der Waals surface area contributed by atoms with Gasteiger partial charge in [-0.1, -0.05) is 11.6 Å². The molecule has 2 rings (SSSR count). The van der Waals surface area contributed by atoms with E-state index >= 15 is 0 Å². The summed E-state index contributed by atoms with van der Waals surface area (Å²) in [6, 6.07) is 3.77. The molecule has 88 valence electrons. The van der Waals surface area contributed by atoms with E-state index in [-0.39, 0.29) is 16.6 Å². The van der Waals surface area contributed by atoms with E-state index < -0.39 is 0 Å². The van der Waals surface area contributed by atoms with E-state index in [9.17, 15) is 4.79 Å². The Morgan fingerprint density at radius 3 is 2.82 bits per heavy atom. The third-order valence-electron chi connectivity index (χ3n) is 2.36. The summed E-state index contributed by atoms with van der Waals surface area (Å²) >= 11 is 5.84. The van der Waals surface area contributed by atoms with Crippen LogP contribution in [-0.4, -0.2) is 15.0 Å². The molecular weight excluding hydrogens is 240 g/mol. The van der Waals surface area contributed by atoms with Crippen LogP contribution in [0.3, 0.4) is 0 Å². The van der Waals surface area contributed by atoms with Crippen LogP contribution in [-0.2, 0) is 0 Å². The van der Waals surface area contributed by atoms with Crippen molar-refractivity contribution in [2.75, 3.05) is 5.32 Å². The molecule has 0 fully saturated rings. The molecule has 17 heavy (non-hydrogen) atoms. The van der Waals surface area contributed by atoms with Crippen molar-refractivity contribution in [1.29, 1.82) is 0 Å². The first kappa shape index (κ1) is 11.6. The number of rotatable bonds is 3. The van der Waals surface area contributed by atoms with Gasteiger partial charge in [-0.05, 0) is 24.6 Å². The van der Waals surface area contributed by atoms with Gasteiger partial charge in [-0.25, -0.2) is 4.98 Å². The van der Waals surface area contributed by atoms with Crippen LogP contribution >= 0.6 is 11.6 Å². The number of hydrogen-bond acceptors (Lipinski definition) is 4. The predicted octanol–water partition coefficient (Wildman–Crippen LogP) is 1.99. The number of hydrogen-bond donors (Lipinski definition) is 2. The molecule has 0 bridgehead atoms. The van der Waals surface area contributed by atoms with Crippen LogP contribution in [0.2, 0.25) is 5.02 Å². The second-order valence-corrected chi connectivity index (χ2v) is 3.92.